The van der Waals surface area contributed by atoms with Gasteiger partial charge >= 0.3 is 0 Å². The van der Waals surface area contributed by atoms with E-state index in [1.54, 1.807) is 0 Å². The molecule has 0 spiro atoms. The molecule has 1 aliphatic heterocycles. The van der Waals surface area contributed by atoms with Crippen LogP contribution in [0, 0.1) is 0 Å². The van der Waals surface area contributed by atoms with Crippen molar-refractivity contribution in [2.45, 2.75) is 12.8 Å². The summed E-state index contributed by atoms with van der Waals surface area (Å²) in [6.07, 6.45) is 1.79. The maximum Gasteiger partial charge on any atom is 0.279 e. The molecule has 0 aliphatic carbocycles. The summed E-state index contributed by atoms with van der Waals surface area (Å²) >= 11 is 0. The lowest BCUT2D eigenvalue weighted by Gasteiger charge is -2.26. The van der Waals surface area contributed by atoms with Gasteiger partial charge in [-0.05, 0) is 33.5 Å². The van der Waals surface area contributed by atoms with Crippen LogP contribution in [0.2, 0.25) is 0 Å². The summed E-state index contributed by atoms with van der Waals surface area (Å²) in [5, 5.41) is 0. The molecule has 0 bridgehead atoms. The summed E-state index contributed by atoms with van der Waals surface area (Å²) < 4.78 is 27.0. The van der Waals surface area contributed by atoms with Gasteiger partial charge in [0.15, 0.2) is 0 Å². The molecule has 0 saturated carbocycles. The second-order valence-electron chi connectivity index (χ2n) is 3.81. The predicted octanol–water partition coefficient (Wildman–Crippen LogP) is -0.522. The number of nitrogens with one attached hydrogen (secondary N) is 1. The van der Waals surface area contributed by atoms with Crippen molar-refractivity contribution < 1.29 is 8.42 Å². The lowest BCUT2D eigenvalue weighted by atomic mass is 10.3. The molecule has 0 radical (unpaired) electrons. The van der Waals surface area contributed by atoms with E-state index in [0.29, 0.717) is 19.6 Å². The lowest BCUT2D eigenvalue weighted by Crippen LogP contribution is -2.47. The second-order valence-corrected chi connectivity index (χ2v) is 5.56. The van der Waals surface area contributed by atoms with E-state index >= 15 is 0 Å². The summed E-state index contributed by atoms with van der Waals surface area (Å²) in [7, 11) is 0.821. The first-order valence-electron chi connectivity index (χ1n) is 4.92. The summed E-state index contributed by atoms with van der Waals surface area (Å²) in [6.45, 7) is 2.77. The van der Waals surface area contributed by atoms with Gasteiger partial charge in [-0.1, -0.05) is 0 Å². The van der Waals surface area contributed by atoms with Crippen LogP contribution in [0.4, 0.5) is 0 Å². The third-order valence-corrected chi connectivity index (χ3v) is 3.84. The first-order chi connectivity index (χ1) is 6.52. The van der Waals surface area contributed by atoms with Crippen LogP contribution in [-0.4, -0.2) is 57.9 Å². The predicted molar refractivity (Wildman–Crippen MR) is 56.3 cm³/mol. The quantitative estimate of drug-likeness (QED) is 0.695. The normalized spacial score (nSPS) is 22.8. The Kier molecular flexibility index (Phi) is 4.31. The van der Waals surface area contributed by atoms with Crippen LogP contribution in [-0.2, 0) is 10.2 Å². The van der Waals surface area contributed by atoms with Gasteiger partial charge < -0.3 is 4.90 Å². The topological polar surface area (TPSA) is 52.6 Å². The van der Waals surface area contributed by atoms with Gasteiger partial charge in [0.2, 0.25) is 0 Å². The molecule has 1 fully saturated rings. The molecule has 1 heterocycles. The van der Waals surface area contributed by atoms with Crippen molar-refractivity contribution in [3.05, 3.63) is 0 Å². The van der Waals surface area contributed by atoms with Gasteiger partial charge in [-0.15, -0.1) is 0 Å². The molecule has 1 aliphatic rings. The van der Waals surface area contributed by atoms with Crippen molar-refractivity contribution in [1.82, 2.24) is 13.9 Å². The van der Waals surface area contributed by atoms with E-state index in [-0.39, 0.29) is 0 Å². The van der Waals surface area contributed by atoms with Gasteiger partial charge in [0.1, 0.15) is 0 Å². The fourth-order valence-electron chi connectivity index (χ4n) is 1.46. The number of nitrogens with zero attached hydrogens (tertiary/aromatic N) is 2. The average molecular weight is 221 g/mol. The number of hydrogen-bond donors (Lipinski definition) is 1. The van der Waals surface area contributed by atoms with Gasteiger partial charge in [-0.2, -0.15) is 12.7 Å². The molecule has 6 heteroatoms. The molecule has 0 atom stereocenters. The van der Waals surface area contributed by atoms with E-state index < -0.39 is 10.2 Å². The summed E-state index contributed by atoms with van der Waals surface area (Å²) in [4.78, 5) is 2.06. The minimum atomic E-state index is -3.16. The van der Waals surface area contributed by atoms with E-state index in [2.05, 4.69) is 9.62 Å². The zero-order valence-corrected chi connectivity index (χ0v) is 9.68. The molecule has 84 valence electrons. The van der Waals surface area contributed by atoms with Gasteiger partial charge in [0.05, 0.1) is 0 Å². The number of rotatable bonds is 4. The fraction of sp³-hybridized carbons (Fsp3) is 1.00. The molecule has 1 N–H and O–H groups in total. The minimum Gasteiger partial charge on any atom is -0.309 e. The highest BCUT2D eigenvalue weighted by atomic mass is 32.2. The molecule has 1 saturated heterocycles. The van der Waals surface area contributed by atoms with Crippen molar-refractivity contribution >= 4 is 10.2 Å². The molecule has 1 rings (SSSR count). The molecule has 0 aromatic carbocycles. The van der Waals surface area contributed by atoms with Crippen molar-refractivity contribution in [2.75, 3.05) is 40.3 Å². The first kappa shape index (κ1) is 11.9. The largest absolute Gasteiger partial charge is 0.309 e. The minimum absolute atomic E-state index is 0.576. The van der Waals surface area contributed by atoms with E-state index in [1.165, 1.54) is 4.31 Å². The molecule has 5 nitrogen and oxygen atoms in total. The van der Waals surface area contributed by atoms with Crippen molar-refractivity contribution in [3.63, 3.8) is 0 Å². The summed E-state index contributed by atoms with van der Waals surface area (Å²) in [5.74, 6) is 0. The van der Waals surface area contributed by atoms with Crippen molar-refractivity contribution in [3.8, 4) is 0 Å². The molecule has 0 amide bonds. The lowest BCUT2D eigenvalue weighted by molar-refractivity contribution is 0.333. The summed E-state index contributed by atoms with van der Waals surface area (Å²) in [5.41, 5.74) is 0. The van der Waals surface area contributed by atoms with Gasteiger partial charge in [-0.3, -0.25) is 0 Å². The maximum absolute atomic E-state index is 11.5. The standard InChI is InChI=1S/C8H19N3O2S/c1-10(2)6-4-8-11-7-3-5-9-14(11,12)13/h9H,3-8H2,1-2H3. The molecular formula is C8H19N3O2S. The zero-order chi connectivity index (χ0) is 10.6. The van der Waals surface area contributed by atoms with Crippen LogP contribution in [0.3, 0.4) is 0 Å². The van der Waals surface area contributed by atoms with Crippen LogP contribution in [0.15, 0.2) is 0 Å². The Balaban J connectivity index is 2.35. The van der Waals surface area contributed by atoms with E-state index in [1.807, 2.05) is 14.1 Å². The molecule has 0 aromatic rings. The smallest absolute Gasteiger partial charge is 0.279 e. The molecular weight excluding hydrogens is 202 g/mol. The van der Waals surface area contributed by atoms with E-state index in [9.17, 15) is 8.42 Å². The average Bonchev–Trinajstić information content (AvgIpc) is 2.07. The molecule has 14 heavy (non-hydrogen) atoms. The number of hydrogen-bond acceptors (Lipinski definition) is 3. The van der Waals surface area contributed by atoms with E-state index in [0.717, 1.165) is 19.4 Å². The van der Waals surface area contributed by atoms with E-state index in [4.69, 9.17) is 0 Å². The first-order valence-corrected chi connectivity index (χ1v) is 6.36. The van der Waals surface area contributed by atoms with Crippen LogP contribution in [0.1, 0.15) is 12.8 Å². The SMILES string of the molecule is CN(C)CCCN1CCCNS1(=O)=O. The Bertz CT molecular complexity index is 264. The third kappa shape index (κ3) is 3.53. The Morgan fingerprint density at radius 2 is 2.14 bits per heavy atom. The zero-order valence-electron chi connectivity index (χ0n) is 8.86. The Labute approximate surface area is 86.3 Å². The van der Waals surface area contributed by atoms with Crippen LogP contribution < -0.4 is 4.72 Å². The van der Waals surface area contributed by atoms with Gasteiger partial charge in [0.25, 0.3) is 10.2 Å². The fourth-order valence-corrected chi connectivity index (χ4v) is 2.79. The summed E-state index contributed by atoms with van der Waals surface area (Å²) in [6, 6.07) is 0. The third-order valence-electron chi connectivity index (χ3n) is 2.22. The van der Waals surface area contributed by atoms with Gasteiger partial charge in [-0.25, -0.2) is 4.72 Å². The van der Waals surface area contributed by atoms with Crippen molar-refractivity contribution in [2.24, 2.45) is 0 Å². The second kappa shape index (κ2) is 5.06. The van der Waals surface area contributed by atoms with Crippen LogP contribution in [0.5, 0.6) is 0 Å². The van der Waals surface area contributed by atoms with Gasteiger partial charge in [0, 0.05) is 19.6 Å². The highest BCUT2D eigenvalue weighted by Gasteiger charge is 2.24. The van der Waals surface area contributed by atoms with Crippen LogP contribution in [0.25, 0.3) is 0 Å². The molecule has 0 unspecified atom stereocenters. The Hall–Kier alpha value is -0.170. The van der Waals surface area contributed by atoms with Crippen molar-refractivity contribution in [1.29, 1.82) is 0 Å². The Morgan fingerprint density at radius 3 is 2.71 bits per heavy atom. The highest BCUT2D eigenvalue weighted by molar-refractivity contribution is 7.87. The Morgan fingerprint density at radius 1 is 1.43 bits per heavy atom. The maximum atomic E-state index is 11.5. The molecule has 0 aromatic heterocycles. The monoisotopic (exact) mass is 221 g/mol. The highest BCUT2D eigenvalue weighted by Crippen LogP contribution is 2.06. The van der Waals surface area contributed by atoms with Crippen LogP contribution >= 0.6 is 0 Å².